The van der Waals surface area contributed by atoms with Gasteiger partial charge in [-0.05, 0) is 19.2 Å². The van der Waals surface area contributed by atoms with Crippen LogP contribution >= 0.6 is 0 Å². The maximum Gasteiger partial charge on any atom is 0.411 e. The third-order valence-electron chi connectivity index (χ3n) is 4.65. The van der Waals surface area contributed by atoms with E-state index in [1.807, 2.05) is 7.05 Å². The van der Waals surface area contributed by atoms with Crippen LogP contribution in [-0.4, -0.2) is 87.6 Å². The molecule has 144 valence electrons. The minimum Gasteiger partial charge on any atom is -0.494 e. The van der Waals surface area contributed by atoms with Crippen LogP contribution in [0.1, 0.15) is 0 Å². The molecule has 9 nitrogen and oxygen atoms in total. The van der Waals surface area contributed by atoms with Crippen molar-refractivity contribution in [2.45, 2.75) is 0 Å². The van der Waals surface area contributed by atoms with Crippen LogP contribution in [0.5, 0.6) is 5.75 Å². The smallest absolute Gasteiger partial charge is 0.411 e. The van der Waals surface area contributed by atoms with E-state index < -0.39 is 12.0 Å². The normalized spacial score (nSPS) is 16.7. The molecule has 1 aliphatic heterocycles. The lowest BCUT2D eigenvalue weighted by Gasteiger charge is -2.40. The van der Waals surface area contributed by atoms with Crippen LogP contribution in [0.2, 0.25) is 0 Å². The predicted molar refractivity (Wildman–Crippen MR) is 96.6 cm³/mol. The van der Waals surface area contributed by atoms with Gasteiger partial charge in [0.05, 0.1) is 45.7 Å². The molecule has 9 heteroatoms. The largest absolute Gasteiger partial charge is 0.494 e. The Bertz CT molecular complexity index is 659. The minimum atomic E-state index is -0.638. The van der Waals surface area contributed by atoms with E-state index in [1.165, 1.54) is 32.4 Å². The van der Waals surface area contributed by atoms with Crippen LogP contribution in [-0.2, 0) is 9.53 Å². The van der Waals surface area contributed by atoms with Gasteiger partial charge in [0.25, 0.3) is 0 Å². The van der Waals surface area contributed by atoms with Crippen LogP contribution in [0, 0.1) is 0 Å². The Balaban J connectivity index is 2.09. The van der Waals surface area contributed by atoms with Crippen molar-refractivity contribution in [1.29, 1.82) is 0 Å². The van der Waals surface area contributed by atoms with Crippen molar-refractivity contribution in [3.05, 3.63) is 18.2 Å². The number of hydrogen-bond acceptors (Lipinski definition) is 6. The molecular formula is C17H27N4O5+. The third-order valence-corrected chi connectivity index (χ3v) is 4.65. The van der Waals surface area contributed by atoms with Gasteiger partial charge in [-0.25, -0.2) is 4.79 Å². The first-order valence-corrected chi connectivity index (χ1v) is 8.35. The first-order chi connectivity index (χ1) is 12.3. The fourth-order valence-electron chi connectivity index (χ4n) is 2.82. The zero-order chi connectivity index (χ0) is 19.3. The van der Waals surface area contributed by atoms with Gasteiger partial charge >= 0.3 is 12.0 Å². The second-order valence-electron chi connectivity index (χ2n) is 6.73. The molecule has 26 heavy (non-hydrogen) atoms. The molecule has 0 unspecified atom stereocenters. The zero-order valence-corrected chi connectivity index (χ0v) is 15.7. The molecule has 0 aliphatic carbocycles. The molecule has 2 N–H and O–H groups in total. The molecule has 2 rings (SSSR count). The highest BCUT2D eigenvalue weighted by atomic mass is 16.5. The summed E-state index contributed by atoms with van der Waals surface area (Å²) in [5.74, 6) is -0.0903. The summed E-state index contributed by atoms with van der Waals surface area (Å²) in [7, 11) is 6.76. The average molecular weight is 367 g/mol. The van der Waals surface area contributed by atoms with E-state index in [9.17, 15) is 14.8 Å². The number of quaternary nitrogens is 1. The van der Waals surface area contributed by atoms with E-state index in [4.69, 9.17) is 4.74 Å². The molecular weight excluding hydrogens is 340 g/mol. The van der Waals surface area contributed by atoms with Crippen molar-refractivity contribution >= 4 is 23.4 Å². The van der Waals surface area contributed by atoms with E-state index >= 15 is 0 Å². The van der Waals surface area contributed by atoms with Gasteiger partial charge in [0.1, 0.15) is 5.75 Å². The second kappa shape index (κ2) is 8.35. The van der Waals surface area contributed by atoms with E-state index in [0.717, 1.165) is 26.2 Å². The number of methoxy groups -OCH3 is 2. The fraction of sp³-hybridized carbons (Fsp3) is 0.529. The van der Waals surface area contributed by atoms with Gasteiger partial charge in [-0.15, -0.1) is 0 Å². The van der Waals surface area contributed by atoms with Crippen molar-refractivity contribution in [2.24, 2.45) is 0 Å². The summed E-state index contributed by atoms with van der Waals surface area (Å²) in [6, 6.07) is 4.54. The molecule has 0 aromatic heterocycles. The summed E-state index contributed by atoms with van der Waals surface area (Å²) in [6.45, 7) is 3.73. The Morgan fingerprint density at radius 3 is 2.54 bits per heavy atom. The Kier molecular flexibility index (Phi) is 6.41. The summed E-state index contributed by atoms with van der Waals surface area (Å²) in [5.41, 5.74) is 0.644. The third kappa shape index (κ3) is 4.84. The highest BCUT2D eigenvalue weighted by Gasteiger charge is 2.32. The molecule has 0 bridgehead atoms. The van der Waals surface area contributed by atoms with Crippen LogP contribution in [0.3, 0.4) is 0 Å². The summed E-state index contributed by atoms with van der Waals surface area (Å²) < 4.78 is 10.3. The summed E-state index contributed by atoms with van der Waals surface area (Å²) in [4.78, 5) is 26.1. The maximum absolute atomic E-state index is 12.5. The van der Waals surface area contributed by atoms with Gasteiger partial charge < -0.3 is 14.0 Å². The van der Waals surface area contributed by atoms with Crippen LogP contribution in [0.4, 0.5) is 16.2 Å². The zero-order valence-electron chi connectivity index (χ0n) is 15.7. The minimum absolute atomic E-state index is 0.203. The SMILES string of the molecule is COC(=O)Nc1ccc(N(O)C(=O)C[N+]2(C)CCN(C)CC2)cc1OC. The Labute approximate surface area is 153 Å². The highest BCUT2D eigenvalue weighted by Crippen LogP contribution is 2.29. The van der Waals surface area contributed by atoms with Gasteiger partial charge in [0.2, 0.25) is 0 Å². The molecule has 1 aromatic rings. The number of rotatable bonds is 5. The Morgan fingerprint density at radius 1 is 1.31 bits per heavy atom. The molecule has 0 atom stereocenters. The maximum atomic E-state index is 12.5. The number of benzene rings is 1. The quantitative estimate of drug-likeness (QED) is 0.458. The molecule has 0 radical (unpaired) electrons. The average Bonchev–Trinajstić information content (AvgIpc) is 2.63. The van der Waals surface area contributed by atoms with Gasteiger partial charge in [-0.3, -0.25) is 20.2 Å². The van der Waals surface area contributed by atoms with Crippen molar-refractivity contribution in [2.75, 3.05) is 71.4 Å². The number of carbonyl (C=O) groups excluding carboxylic acids is 2. The molecule has 1 aromatic carbocycles. The summed E-state index contributed by atoms with van der Waals surface area (Å²) in [6.07, 6.45) is -0.638. The van der Waals surface area contributed by atoms with Crippen molar-refractivity contribution in [3.63, 3.8) is 0 Å². The molecule has 1 aliphatic rings. The van der Waals surface area contributed by atoms with Crippen molar-refractivity contribution in [1.82, 2.24) is 4.90 Å². The molecule has 2 amide bonds. The molecule has 0 saturated carbocycles. The second-order valence-corrected chi connectivity index (χ2v) is 6.73. The lowest BCUT2D eigenvalue weighted by atomic mass is 10.2. The van der Waals surface area contributed by atoms with Gasteiger partial charge in [0, 0.05) is 19.2 Å². The first-order valence-electron chi connectivity index (χ1n) is 8.35. The molecule has 1 fully saturated rings. The number of ether oxygens (including phenoxy) is 2. The van der Waals surface area contributed by atoms with Gasteiger partial charge in [-0.1, -0.05) is 0 Å². The highest BCUT2D eigenvalue weighted by molar-refractivity contribution is 5.93. The standard InChI is InChI=1S/C17H26N4O5/c1-19-7-9-21(2,10-8-19)12-16(22)20(24)13-5-6-14(15(11-13)25-3)18-17(23)26-4/h5-6,11,24H,7-10,12H2,1-4H3/p+1. The summed E-state index contributed by atoms with van der Waals surface area (Å²) in [5, 5.41) is 13.5. The number of anilines is 2. The lowest BCUT2D eigenvalue weighted by molar-refractivity contribution is -0.906. The van der Waals surface area contributed by atoms with Crippen molar-refractivity contribution in [3.8, 4) is 5.75 Å². The Morgan fingerprint density at radius 2 is 1.96 bits per heavy atom. The van der Waals surface area contributed by atoms with E-state index in [1.54, 1.807) is 0 Å². The van der Waals surface area contributed by atoms with Gasteiger partial charge in [-0.2, -0.15) is 5.06 Å². The molecule has 1 saturated heterocycles. The molecule has 0 spiro atoms. The van der Waals surface area contributed by atoms with Crippen LogP contribution < -0.4 is 15.1 Å². The number of carbonyl (C=O) groups is 2. The monoisotopic (exact) mass is 367 g/mol. The summed E-state index contributed by atoms with van der Waals surface area (Å²) >= 11 is 0. The van der Waals surface area contributed by atoms with Crippen LogP contribution in [0.25, 0.3) is 0 Å². The topological polar surface area (TPSA) is 91.3 Å². The van der Waals surface area contributed by atoms with Crippen molar-refractivity contribution < 1.29 is 28.8 Å². The van der Waals surface area contributed by atoms with E-state index in [-0.39, 0.29) is 12.2 Å². The fourth-order valence-corrected chi connectivity index (χ4v) is 2.82. The predicted octanol–water partition coefficient (Wildman–Crippen LogP) is 0.988. The Hall–Kier alpha value is -2.36. The van der Waals surface area contributed by atoms with Crippen LogP contribution in [0.15, 0.2) is 18.2 Å². The number of likely N-dealkylation sites (N-methyl/N-ethyl adjacent to an activating group) is 2. The number of nitrogens with one attached hydrogen (secondary N) is 1. The van der Waals surface area contributed by atoms with E-state index in [0.29, 0.717) is 21.0 Å². The number of amides is 2. The number of piperazine rings is 1. The van der Waals surface area contributed by atoms with Gasteiger partial charge in [0.15, 0.2) is 6.54 Å². The molecule has 1 heterocycles. The van der Waals surface area contributed by atoms with E-state index in [2.05, 4.69) is 22.0 Å². The number of hydrogen-bond donors (Lipinski definition) is 2. The lowest BCUT2D eigenvalue weighted by Crippen LogP contribution is -2.59. The number of nitrogens with zero attached hydrogens (tertiary/aromatic N) is 3. The first kappa shape index (κ1) is 20.0. The number of hydroxylamine groups is 1.